The van der Waals surface area contributed by atoms with Gasteiger partial charge in [-0.05, 0) is 13.8 Å². The van der Waals surface area contributed by atoms with Crippen molar-refractivity contribution in [3.8, 4) is 0 Å². The van der Waals surface area contributed by atoms with Crippen molar-refractivity contribution in [1.29, 1.82) is 0 Å². The van der Waals surface area contributed by atoms with E-state index < -0.39 is 0 Å². The van der Waals surface area contributed by atoms with Gasteiger partial charge in [0.25, 0.3) is 0 Å². The molecule has 0 heterocycles. The number of hydrogen-bond acceptors (Lipinski definition) is 0. The fourth-order valence-corrected chi connectivity index (χ4v) is 6.54. The standard InChI is InChI=1S/2C12H13.C3H7Si.Hf/c2*1-8-6-11-9(2)4-5-10(3)12(11)7-8;1-2-3-4;/h2*4-7H,1-3H3;2-3H2,1H3;/q2*-1;;+2. The molecule has 4 aromatic rings. The van der Waals surface area contributed by atoms with Crippen molar-refractivity contribution in [3.63, 3.8) is 0 Å². The van der Waals surface area contributed by atoms with Gasteiger partial charge in [0.2, 0.25) is 0 Å². The summed E-state index contributed by atoms with van der Waals surface area (Å²) in [7, 11) is 0. The van der Waals surface area contributed by atoms with E-state index in [1.165, 1.54) is 96.6 Å². The van der Waals surface area contributed by atoms with Crippen molar-refractivity contribution in [3.05, 3.63) is 81.9 Å². The van der Waals surface area contributed by atoms with Crippen molar-refractivity contribution in [1.82, 2.24) is 0 Å². The first-order valence-electron chi connectivity index (χ1n) is 10.4. The monoisotopic (exact) mass is 565 g/mol. The second kappa shape index (κ2) is 11.2. The molecule has 0 spiro atoms. The van der Waals surface area contributed by atoms with E-state index in [0.717, 1.165) is 0 Å². The van der Waals surface area contributed by atoms with Gasteiger partial charge in [0.1, 0.15) is 0 Å². The van der Waals surface area contributed by atoms with E-state index in [9.17, 15) is 0 Å². The van der Waals surface area contributed by atoms with E-state index in [0.29, 0.717) is 0 Å². The molecule has 1 radical (unpaired) electrons. The average Bonchev–Trinajstić information content (AvgIpc) is 3.27. The predicted octanol–water partition coefficient (Wildman–Crippen LogP) is 7.95. The van der Waals surface area contributed by atoms with Crippen LogP contribution >= 0.6 is 0 Å². The minimum absolute atomic E-state index is 1.30. The fourth-order valence-electron chi connectivity index (χ4n) is 3.59. The van der Waals surface area contributed by atoms with Crippen LogP contribution in [0.1, 0.15) is 46.7 Å². The number of benzene rings is 2. The van der Waals surface area contributed by atoms with E-state index >= 15 is 0 Å². The first kappa shape index (κ1) is 24.0. The molecule has 0 unspecified atom stereocenters. The molecular weight excluding hydrogens is 531 g/mol. The van der Waals surface area contributed by atoms with Gasteiger partial charge in [-0.15, -0.1) is 68.1 Å². The smallest absolute Gasteiger partial charge is 0.0488 e. The molecule has 0 saturated heterocycles. The maximum Gasteiger partial charge on any atom is -0.0488 e. The molecule has 149 valence electrons. The Balaban J connectivity index is 0.000000170. The van der Waals surface area contributed by atoms with E-state index in [1.807, 2.05) is 0 Å². The molecule has 0 amide bonds. The minimum atomic E-state index is 1.30. The quantitative estimate of drug-likeness (QED) is 0.171. The van der Waals surface area contributed by atoms with Crippen molar-refractivity contribution >= 4 is 27.8 Å². The van der Waals surface area contributed by atoms with Crippen LogP contribution in [0.25, 0.3) is 21.5 Å². The summed E-state index contributed by atoms with van der Waals surface area (Å²) in [5, 5.41) is 5.64. The third kappa shape index (κ3) is 6.36. The molecule has 0 fully saturated rings. The maximum absolute atomic E-state index is 2.26. The largest absolute Gasteiger partial charge is 0.165 e. The van der Waals surface area contributed by atoms with Crippen LogP contribution < -0.4 is 0 Å². The molecule has 0 aliphatic rings. The molecule has 29 heavy (non-hydrogen) atoms. The zero-order valence-electron chi connectivity index (χ0n) is 19.0. The van der Waals surface area contributed by atoms with Crippen molar-refractivity contribution in [2.45, 2.75) is 60.9 Å². The van der Waals surface area contributed by atoms with Crippen LogP contribution in [0.4, 0.5) is 0 Å². The third-order valence-electron chi connectivity index (χ3n) is 5.31. The van der Waals surface area contributed by atoms with Gasteiger partial charge in [0.15, 0.2) is 0 Å². The summed E-state index contributed by atoms with van der Waals surface area (Å²) < 4.78 is 0. The second-order valence-corrected chi connectivity index (χ2v) is 12.7. The molecule has 2 heteroatoms. The summed E-state index contributed by atoms with van der Waals surface area (Å²) in [4.78, 5) is 0. The summed E-state index contributed by atoms with van der Waals surface area (Å²) in [6.07, 6.45) is 2.69. The Bertz CT molecular complexity index is 933. The van der Waals surface area contributed by atoms with Gasteiger partial charge in [0, 0.05) is 0 Å². The Hall–Kier alpha value is -1.25. The van der Waals surface area contributed by atoms with Crippen LogP contribution in [0.15, 0.2) is 48.5 Å². The maximum atomic E-state index is 2.26. The Morgan fingerprint density at radius 2 is 1.07 bits per heavy atom. The van der Waals surface area contributed by atoms with Crippen LogP contribution in [0.5, 0.6) is 0 Å². The Labute approximate surface area is 192 Å². The van der Waals surface area contributed by atoms with E-state index in [-0.39, 0.29) is 0 Å². The number of fused-ring (bicyclic) bond motifs is 2. The minimum Gasteiger partial charge on any atom is -0.165 e. The summed E-state index contributed by atoms with van der Waals surface area (Å²) in [6, 6.07) is 19.3. The molecule has 0 N–H and O–H groups in total. The van der Waals surface area contributed by atoms with Gasteiger partial charge in [-0.25, -0.2) is 0 Å². The first-order chi connectivity index (χ1) is 13.8. The van der Waals surface area contributed by atoms with E-state index in [4.69, 9.17) is 0 Å². The third-order valence-corrected chi connectivity index (χ3v) is 8.75. The van der Waals surface area contributed by atoms with Crippen LogP contribution in [-0.2, 0) is 23.0 Å². The summed E-state index contributed by atoms with van der Waals surface area (Å²) in [5.74, 6) is 0. The van der Waals surface area contributed by atoms with Gasteiger partial charge in [-0.1, -0.05) is 51.0 Å². The van der Waals surface area contributed by atoms with E-state index in [1.54, 1.807) is 0 Å². The van der Waals surface area contributed by atoms with Gasteiger partial charge >= 0.3 is 48.6 Å². The zero-order valence-corrected chi connectivity index (χ0v) is 23.6. The van der Waals surface area contributed by atoms with Crippen LogP contribution in [0, 0.1) is 41.5 Å². The van der Waals surface area contributed by atoms with Crippen LogP contribution in [0.3, 0.4) is 0 Å². The molecule has 0 saturated carbocycles. The summed E-state index contributed by atoms with van der Waals surface area (Å²) in [5.41, 5.74) is 8.24. The Morgan fingerprint density at radius 3 is 1.34 bits per heavy atom. The van der Waals surface area contributed by atoms with Gasteiger partial charge < -0.3 is 0 Å². The molecular formula is C27H33HfSi. The molecule has 4 rings (SSSR count). The second-order valence-electron chi connectivity index (χ2n) is 8.05. The molecule has 0 aliphatic carbocycles. The van der Waals surface area contributed by atoms with Crippen molar-refractivity contribution < 1.29 is 23.0 Å². The molecule has 0 atom stereocenters. The topological polar surface area (TPSA) is 0 Å². The SMILES string of the molecule is CCC[Si]=[Hf+2].Cc1cc2c(C)ccc(C)c2[cH-]1.Cc1cc2c(C)ccc(C)c2[cH-]1. The molecule has 0 aromatic heterocycles. The average molecular weight is 564 g/mol. The first-order valence-corrected chi connectivity index (χ1v) is 17.0. The van der Waals surface area contributed by atoms with Gasteiger partial charge in [-0.3, -0.25) is 0 Å². The van der Waals surface area contributed by atoms with Crippen molar-refractivity contribution in [2.75, 3.05) is 0 Å². The number of aryl methyl sites for hydroxylation is 6. The number of hydrogen-bond donors (Lipinski definition) is 0. The predicted molar refractivity (Wildman–Crippen MR) is 128 cm³/mol. The van der Waals surface area contributed by atoms with Crippen LogP contribution in [0.2, 0.25) is 6.04 Å². The summed E-state index contributed by atoms with van der Waals surface area (Å²) in [6.45, 7) is 15.2. The Morgan fingerprint density at radius 1 is 0.690 bits per heavy atom. The fraction of sp³-hybridized carbons (Fsp3) is 0.333. The molecule has 0 nitrogen and oxygen atoms in total. The van der Waals surface area contributed by atoms with Crippen LogP contribution in [-0.4, -0.2) is 6.22 Å². The van der Waals surface area contributed by atoms with E-state index in [2.05, 4.69) is 97.0 Å². The summed E-state index contributed by atoms with van der Waals surface area (Å²) >= 11 is 1.43. The molecule has 0 aliphatic heterocycles. The molecule has 4 aromatic carbocycles. The van der Waals surface area contributed by atoms with Gasteiger partial charge in [-0.2, -0.15) is 12.1 Å². The number of rotatable bonds is 2. The van der Waals surface area contributed by atoms with Gasteiger partial charge in [0.05, 0.1) is 0 Å². The van der Waals surface area contributed by atoms with Crippen molar-refractivity contribution in [2.24, 2.45) is 0 Å². The molecule has 0 bridgehead atoms. The normalized spacial score (nSPS) is 10.4. The Kier molecular flexibility index (Phi) is 9.30. The zero-order chi connectivity index (χ0) is 21.6.